The van der Waals surface area contributed by atoms with Gasteiger partial charge in [0.1, 0.15) is 6.29 Å². The molecule has 0 fully saturated rings. The molecule has 1 aromatic heterocycles. The summed E-state index contributed by atoms with van der Waals surface area (Å²) >= 11 is 1.67. The zero-order valence-corrected chi connectivity index (χ0v) is 16.8. The number of hydrogen-bond donors (Lipinski definition) is 0. The zero-order chi connectivity index (χ0) is 19.8. The van der Waals surface area contributed by atoms with Crippen LogP contribution in [0, 0.1) is 0 Å². The molecular formula is C21H23N3O3S. The number of rotatable bonds is 10. The third kappa shape index (κ3) is 4.72. The summed E-state index contributed by atoms with van der Waals surface area (Å²) in [5.41, 5.74) is 1.63. The molecule has 0 N–H and O–H groups in total. The maximum Gasteiger partial charge on any atom is 0.191 e. The van der Waals surface area contributed by atoms with Gasteiger partial charge in [-0.2, -0.15) is 0 Å². The number of aldehydes is 1. The molecule has 28 heavy (non-hydrogen) atoms. The number of benzene rings is 2. The van der Waals surface area contributed by atoms with Crippen molar-refractivity contribution in [3.05, 3.63) is 54.1 Å². The molecule has 0 unspecified atom stereocenters. The predicted octanol–water partition coefficient (Wildman–Crippen LogP) is 4.35. The van der Waals surface area contributed by atoms with Gasteiger partial charge in [0.25, 0.3) is 0 Å². The normalized spacial score (nSPS) is 10.6. The van der Waals surface area contributed by atoms with Gasteiger partial charge in [-0.05, 0) is 31.5 Å². The van der Waals surface area contributed by atoms with Crippen molar-refractivity contribution < 1.29 is 14.3 Å². The molecule has 2 aromatic carbocycles. The van der Waals surface area contributed by atoms with E-state index in [1.807, 2.05) is 30.3 Å². The molecule has 3 aromatic rings. The number of hydrogen-bond acceptors (Lipinski definition) is 6. The van der Waals surface area contributed by atoms with E-state index < -0.39 is 0 Å². The second kappa shape index (κ2) is 9.94. The summed E-state index contributed by atoms with van der Waals surface area (Å²) in [4.78, 5) is 10.9. The van der Waals surface area contributed by atoms with Gasteiger partial charge in [0, 0.05) is 23.4 Å². The number of carbonyl (C=O) groups is 1. The summed E-state index contributed by atoms with van der Waals surface area (Å²) in [6.07, 6.45) is 1.64. The minimum Gasteiger partial charge on any atom is -0.493 e. The molecule has 7 heteroatoms. The molecule has 0 aliphatic heterocycles. The average Bonchev–Trinajstić information content (AvgIpc) is 3.17. The van der Waals surface area contributed by atoms with Crippen LogP contribution in [0.5, 0.6) is 11.5 Å². The number of ether oxygens (including phenoxy) is 2. The minimum absolute atomic E-state index is 0.551. The minimum atomic E-state index is 0.551. The smallest absolute Gasteiger partial charge is 0.191 e. The first-order chi connectivity index (χ1) is 13.8. The first-order valence-electron chi connectivity index (χ1n) is 9.14. The Bertz CT molecular complexity index is 913. The van der Waals surface area contributed by atoms with Gasteiger partial charge < -0.3 is 14.0 Å². The lowest BCUT2D eigenvalue weighted by Crippen LogP contribution is -2.03. The largest absolute Gasteiger partial charge is 0.493 e. The van der Waals surface area contributed by atoms with Gasteiger partial charge in [0.05, 0.1) is 13.7 Å². The highest BCUT2D eigenvalue weighted by molar-refractivity contribution is 7.99. The SMILES string of the molecule is CCn1c(SCCCOc2ccc(C=O)cc2OC)nnc1-c1ccccc1. The topological polar surface area (TPSA) is 66.2 Å². The summed E-state index contributed by atoms with van der Waals surface area (Å²) < 4.78 is 13.2. The van der Waals surface area contributed by atoms with Crippen molar-refractivity contribution in [2.75, 3.05) is 19.5 Å². The van der Waals surface area contributed by atoms with Crippen LogP contribution in [0.15, 0.2) is 53.7 Å². The Labute approximate surface area is 168 Å². The second-order valence-corrected chi connectivity index (χ2v) is 7.06. The van der Waals surface area contributed by atoms with Crippen molar-refractivity contribution in [1.82, 2.24) is 14.8 Å². The molecule has 0 amide bonds. The molecule has 0 saturated heterocycles. The van der Waals surface area contributed by atoms with Crippen molar-refractivity contribution in [2.45, 2.75) is 25.0 Å². The summed E-state index contributed by atoms with van der Waals surface area (Å²) in [5.74, 6) is 2.96. The van der Waals surface area contributed by atoms with E-state index in [2.05, 4.69) is 21.7 Å². The standard InChI is InChI=1S/C21H23N3O3S/c1-3-24-20(17-8-5-4-6-9-17)22-23-21(24)28-13-7-12-27-18-11-10-16(15-25)14-19(18)26-2/h4-6,8-11,14-15H,3,7,12-13H2,1-2H3. The number of nitrogens with zero attached hydrogens (tertiary/aromatic N) is 3. The third-order valence-electron chi connectivity index (χ3n) is 4.17. The quantitative estimate of drug-likeness (QED) is 0.288. The molecule has 146 valence electrons. The highest BCUT2D eigenvalue weighted by atomic mass is 32.2. The van der Waals surface area contributed by atoms with E-state index in [1.165, 1.54) is 0 Å². The molecule has 0 aliphatic rings. The molecular weight excluding hydrogens is 374 g/mol. The van der Waals surface area contributed by atoms with Gasteiger partial charge in [-0.3, -0.25) is 4.79 Å². The maximum atomic E-state index is 10.9. The highest BCUT2D eigenvalue weighted by Gasteiger charge is 2.12. The molecule has 1 heterocycles. The van der Waals surface area contributed by atoms with Crippen LogP contribution in [0.2, 0.25) is 0 Å². The first-order valence-corrected chi connectivity index (χ1v) is 10.1. The van der Waals surface area contributed by atoms with Crippen LogP contribution in [0.25, 0.3) is 11.4 Å². The summed E-state index contributed by atoms with van der Waals surface area (Å²) in [7, 11) is 1.56. The van der Waals surface area contributed by atoms with Gasteiger partial charge in [-0.15, -0.1) is 10.2 Å². The Kier molecular flexibility index (Phi) is 7.08. The molecule has 6 nitrogen and oxygen atoms in total. The maximum absolute atomic E-state index is 10.9. The Morgan fingerprint density at radius 1 is 1.11 bits per heavy atom. The van der Waals surface area contributed by atoms with E-state index >= 15 is 0 Å². The fourth-order valence-corrected chi connectivity index (χ4v) is 3.68. The molecule has 0 atom stereocenters. The van der Waals surface area contributed by atoms with Crippen molar-refractivity contribution in [1.29, 1.82) is 0 Å². The summed E-state index contributed by atoms with van der Waals surface area (Å²) in [6, 6.07) is 15.2. The molecule has 0 saturated carbocycles. The predicted molar refractivity (Wildman–Crippen MR) is 110 cm³/mol. The van der Waals surface area contributed by atoms with E-state index in [0.717, 1.165) is 41.5 Å². The Morgan fingerprint density at radius 2 is 1.93 bits per heavy atom. The highest BCUT2D eigenvalue weighted by Crippen LogP contribution is 2.28. The van der Waals surface area contributed by atoms with Crippen molar-refractivity contribution in [3.8, 4) is 22.9 Å². The fourth-order valence-electron chi connectivity index (χ4n) is 2.76. The summed E-state index contributed by atoms with van der Waals surface area (Å²) in [5, 5.41) is 9.62. The van der Waals surface area contributed by atoms with Crippen LogP contribution >= 0.6 is 11.8 Å². The average molecular weight is 398 g/mol. The van der Waals surface area contributed by atoms with Crippen LogP contribution in [0.4, 0.5) is 0 Å². The molecule has 3 rings (SSSR count). The number of carbonyl (C=O) groups excluding carboxylic acids is 1. The lowest BCUT2D eigenvalue weighted by Gasteiger charge is -2.11. The second-order valence-electron chi connectivity index (χ2n) is 6.00. The Morgan fingerprint density at radius 3 is 2.64 bits per heavy atom. The van der Waals surface area contributed by atoms with E-state index in [-0.39, 0.29) is 0 Å². The van der Waals surface area contributed by atoms with E-state index in [9.17, 15) is 4.79 Å². The van der Waals surface area contributed by atoms with Gasteiger partial charge >= 0.3 is 0 Å². The fraction of sp³-hybridized carbons (Fsp3) is 0.286. The van der Waals surface area contributed by atoms with Gasteiger partial charge in [-0.25, -0.2) is 0 Å². The van der Waals surface area contributed by atoms with E-state index in [1.54, 1.807) is 37.1 Å². The van der Waals surface area contributed by atoms with Crippen molar-refractivity contribution >= 4 is 18.0 Å². The van der Waals surface area contributed by atoms with Gasteiger partial charge in [0.15, 0.2) is 22.5 Å². The number of thioether (sulfide) groups is 1. The van der Waals surface area contributed by atoms with Crippen molar-refractivity contribution in [2.24, 2.45) is 0 Å². The van der Waals surface area contributed by atoms with Crippen molar-refractivity contribution in [3.63, 3.8) is 0 Å². The lowest BCUT2D eigenvalue weighted by atomic mass is 10.2. The summed E-state index contributed by atoms with van der Waals surface area (Å²) in [6.45, 7) is 3.46. The Hall–Kier alpha value is -2.80. The molecule has 0 spiro atoms. The van der Waals surface area contributed by atoms with Crippen LogP contribution in [-0.4, -0.2) is 40.5 Å². The Balaban J connectivity index is 1.54. The molecule has 0 radical (unpaired) electrons. The van der Waals surface area contributed by atoms with Crippen LogP contribution in [0.1, 0.15) is 23.7 Å². The lowest BCUT2D eigenvalue weighted by molar-refractivity contribution is 0.112. The third-order valence-corrected chi connectivity index (χ3v) is 5.22. The van der Waals surface area contributed by atoms with Gasteiger partial charge in [0.2, 0.25) is 0 Å². The van der Waals surface area contributed by atoms with E-state index in [0.29, 0.717) is 23.7 Å². The first kappa shape index (κ1) is 19.9. The number of methoxy groups -OCH3 is 1. The number of aromatic nitrogens is 3. The molecule has 0 aliphatic carbocycles. The van der Waals surface area contributed by atoms with Crippen LogP contribution in [0.3, 0.4) is 0 Å². The van der Waals surface area contributed by atoms with Gasteiger partial charge in [-0.1, -0.05) is 42.1 Å². The van der Waals surface area contributed by atoms with E-state index in [4.69, 9.17) is 9.47 Å². The zero-order valence-electron chi connectivity index (χ0n) is 16.0. The monoisotopic (exact) mass is 397 g/mol. The van der Waals surface area contributed by atoms with Crippen LogP contribution < -0.4 is 9.47 Å². The van der Waals surface area contributed by atoms with Crippen LogP contribution in [-0.2, 0) is 6.54 Å². The molecule has 0 bridgehead atoms.